The van der Waals surface area contributed by atoms with Crippen LogP contribution in [0.25, 0.3) is 0 Å². The number of hydrogen-bond donors (Lipinski definition) is 0. The lowest BCUT2D eigenvalue weighted by molar-refractivity contribution is -0.137. The SMILES string of the molecule is CCOc1ccccc1N1CCN(C(=O)c2csc(CN(Cc3cccc(C(F)(F)F)c3)Cc3ccc4c(c3)OCO4)n2)CC1. The third kappa shape index (κ3) is 7.34. The molecule has 45 heavy (non-hydrogen) atoms. The highest BCUT2D eigenvalue weighted by atomic mass is 32.1. The van der Waals surface area contributed by atoms with Gasteiger partial charge in [0.15, 0.2) is 11.5 Å². The van der Waals surface area contributed by atoms with E-state index in [1.807, 2.05) is 59.2 Å². The van der Waals surface area contributed by atoms with E-state index in [0.717, 1.165) is 23.1 Å². The Balaban J connectivity index is 1.14. The molecule has 3 heterocycles. The van der Waals surface area contributed by atoms with Gasteiger partial charge >= 0.3 is 6.18 Å². The van der Waals surface area contributed by atoms with E-state index in [1.165, 1.54) is 23.5 Å². The Morgan fingerprint density at radius 1 is 0.933 bits per heavy atom. The van der Waals surface area contributed by atoms with Crippen molar-refractivity contribution >= 4 is 22.9 Å². The van der Waals surface area contributed by atoms with Gasteiger partial charge in [-0.15, -0.1) is 11.3 Å². The minimum absolute atomic E-state index is 0.129. The molecule has 0 aliphatic carbocycles. The second kappa shape index (κ2) is 13.4. The summed E-state index contributed by atoms with van der Waals surface area (Å²) in [5, 5.41) is 2.47. The number of halogens is 3. The number of para-hydroxylation sites is 2. The standard InChI is InChI=1S/C33H33F3N4O4S/c1-2-42-28-9-4-3-8-27(28)39-12-14-40(15-13-39)32(41)26-21-45-31(37-26)20-38(18-23-6-5-7-25(16-23)33(34,35)36)19-24-10-11-29-30(17-24)44-22-43-29/h3-11,16-17,21H,2,12-15,18-20,22H2,1H3. The van der Waals surface area contributed by atoms with Crippen LogP contribution < -0.4 is 19.1 Å². The second-order valence-corrected chi connectivity index (χ2v) is 11.8. The van der Waals surface area contributed by atoms with E-state index in [-0.39, 0.29) is 19.2 Å². The zero-order valence-electron chi connectivity index (χ0n) is 24.8. The molecule has 0 saturated carbocycles. The van der Waals surface area contributed by atoms with E-state index in [0.29, 0.717) is 73.6 Å². The monoisotopic (exact) mass is 638 g/mol. The Hall–Kier alpha value is -4.29. The zero-order valence-corrected chi connectivity index (χ0v) is 25.6. The summed E-state index contributed by atoms with van der Waals surface area (Å²) in [6.07, 6.45) is -4.43. The highest BCUT2D eigenvalue weighted by Crippen LogP contribution is 2.34. The first kappa shape index (κ1) is 30.7. The third-order valence-electron chi connectivity index (χ3n) is 7.71. The van der Waals surface area contributed by atoms with Crippen LogP contribution in [0.15, 0.2) is 72.1 Å². The second-order valence-electron chi connectivity index (χ2n) is 10.8. The molecule has 0 atom stereocenters. The van der Waals surface area contributed by atoms with E-state index < -0.39 is 11.7 Å². The average Bonchev–Trinajstić information content (AvgIpc) is 3.71. The summed E-state index contributed by atoms with van der Waals surface area (Å²) in [5.41, 5.74) is 2.16. The number of fused-ring (bicyclic) bond motifs is 1. The first-order valence-corrected chi connectivity index (χ1v) is 15.6. The van der Waals surface area contributed by atoms with Crippen molar-refractivity contribution in [3.63, 3.8) is 0 Å². The van der Waals surface area contributed by atoms with Crippen molar-refractivity contribution in [1.29, 1.82) is 0 Å². The first-order valence-electron chi connectivity index (χ1n) is 14.7. The number of piperazine rings is 1. The highest BCUT2D eigenvalue weighted by Gasteiger charge is 2.31. The molecule has 0 N–H and O–H groups in total. The number of carbonyl (C=O) groups excluding carboxylic acids is 1. The van der Waals surface area contributed by atoms with Crippen LogP contribution >= 0.6 is 11.3 Å². The quantitative estimate of drug-likeness (QED) is 0.198. The van der Waals surface area contributed by atoms with E-state index in [1.54, 1.807) is 11.4 Å². The minimum atomic E-state index is -4.43. The first-order chi connectivity index (χ1) is 21.8. The van der Waals surface area contributed by atoms with Crippen molar-refractivity contribution in [3.8, 4) is 17.2 Å². The van der Waals surface area contributed by atoms with Gasteiger partial charge in [-0.3, -0.25) is 9.69 Å². The maximum Gasteiger partial charge on any atom is 0.416 e. The molecule has 0 spiro atoms. The maximum absolute atomic E-state index is 13.4. The summed E-state index contributed by atoms with van der Waals surface area (Å²) in [5.74, 6) is 2.00. The number of rotatable bonds is 10. The predicted molar refractivity (Wildman–Crippen MR) is 165 cm³/mol. The van der Waals surface area contributed by atoms with Gasteiger partial charge in [0.2, 0.25) is 6.79 Å². The van der Waals surface area contributed by atoms with Crippen LogP contribution in [0.1, 0.15) is 39.1 Å². The van der Waals surface area contributed by atoms with Crippen LogP contribution in [0.4, 0.5) is 18.9 Å². The van der Waals surface area contributed by atoms with Gasteiger partial charge in [0.1, 0.15) is 16.5 Å². The Morgan fingerprint density at radius 2 is 1.69 bits per heavy atom. The number of amides is 1. The summed E-state index contributed by atoms with van der Waals surface area (Å²) in [6.45, 7) is 6.18. The molecule has 2 aliphatic rings. The highest BCUT2D eigenvalue weighted by molar-refractivity contribution is 7.09. The average molecular weight is 639 g/mol. The summed E-state index contributed by atoms with van der Waals surface area (Å²) in [6, 6.07) is 18.9. The molecule has 12 heteroatoms. The van der Waals surface area contributed by atoms with Gasteiger partial charge in [0.05, 0.1) is 24.4 Å². The lowest BCUT2D eigenvalue weighted by atomic mass is 10.1. The van der Waals surface area contributed by atoms with Crippen molar-refractivity contribution in [1.82, 2.24) is 14.8 Å². The van der Waals surface area contributed by atoms with Gasteiger partial charge in [-0.1, -0.05) is 36.4 Å². The van der Waals surface area contributed by atoms with Crippen LogP contribution in [0.5, 0.6) is 17.2 Å². The number of nitrogens with zero attached hydrogens (tertiary/aromatic N) is 4. The van der Waals surface area contributed by atoms with E-state index in [2.05, 4.69) is 9.88 Å². The van der Waals surface area contributed by atoms with E-state index in [4.69, 9.17) is 14.2 Å². The lowest BCUT2D eigenvalue weighted by Crippen LogP contribution is -2.49. The number of carbonyl (C=O) groups is 1. The fraction of sp³-hybridized carbons (Fsp3) is 0.333. The molecule has 3 aromatic carbocycles. The molecular formula is C33H33F3N4O4S. The molecular weight excluding hydrogens is 605 g/mol. The molecule has 1 aromatic heterocycles. The van der Waals surface area contributed by atoms with Gasteiger partial charge in [0.25, 0.3) is 5.91 Å². The van der Waals surface area contributed by atoms with Crippen LogP contribution in [-0.2, 0) is 25.8 Å². The molecule has 2 aliphatic heterocycles. The summed E-state index contributed by atoms with van der Waals surface area (Å²) in [4.78, 5) is 24.1. The largest absolute Gasteiger partial charge is 0.492 e. The molecule has 236 valence electrons. The van der Waals surface area contributed by atoms with E-state index in [9.17, 15) is 18.0 Å². The van der Waals surface area contributed by atoms with Crippen LogP contribution in [0, 0.1) is 0 Å². The number of thiazole rings is 1. The summed E-state index contributed by atoms with van der Waals surface area (Å²) < 4.78 is 57.0. The lowest BCUT2D eigenvalue weighted by Gasteiger charge is -2.36. The van der Waals surface area contributed by atoms with Crippen LogP contribution in [-0.4, -0.2) is 60.3 Å². The maximum atomic E-state index is 13.4. The Bertz CT molecular complexity index is 1640. The van der Waals surface area contributed by atoms with Crippen molar-refractivity contribution in [2.24, 2.45) is 0 Å². The molecule has 8 nitrogen and oxygen atoms in total. The van der Waals surface area contributed by atoms with Crippen molar-refractivity contribution < 1.29 is 32.2 Å². The molecule has 0 bridgehead atoms. The summed E-state index contributed by atoms with van der Waals surface area (Å²) >= 11 is 1.37. The molecule has 1 amide bonds. The normalized spacial score (nSPS) is 14.7. The molecule has 1 fully saturated rings. The van der Waals surface area contributed by atoms with Gasteiger partial charge < -0.3 is 24.0 Å². The number of alkyl halides is 3. The van der Waals surface area contributed by atoms with E-state index >= 15 is 0 Å². The van der Waals surface area contributed by atoms with Gasteiger partial charge in [0, 0.05) is 44.6 Å². The third-order valence-corrected chi connectivity index (χ3v) is 8.54. The minimum Gasteiger partial charge on any atom is -0.492 e. The van der Waals surface area contributed by atoms with Gasteiger partial charge in [-0.05, 0) is 48.4 Å². The van der Waals surface area contributed by atoms with Crippen molar-refractivity contribution in [2.45, 2.75) is 32.7 Å². The van der Waals surface area contributed by atoms with Crippen molar-refractivity contribution in [3.05, 3.63) is 99.5 Å². The smallest absolute Gasteiger partial charge is 0.416 e. The Kier molecular flexibility index (Phi) is 9.13. The molecule has 1 saturated heterocycles. The number of hydrogen-bond acceptors (Lipinski definition) is 8. The van der Waals surface area contributed by atoms with Gasteiger partial charge in [-0.2, -0.15) is 13.2 Å². The Labute approximate surface area is 263 Å². The summed E-state index contributed by atoms with van der Waals surface area (Å²) in [7, 11) is 0. The number of benzene rings is 3. The molecule has 6 rings (SSSR count). The fourth-order valence-electron chi connectivity index (χ4n) is 5.55. The zero-order chi connectivity index (χ0) is 31.4. The molecule has 4 aromatic rings. The van der Waals surface area contributed by atoms with Crippen LogP contribution in [0.2, 0.25) is 0 Å². The molecule has 0 unspecified atom stereocenters. The fourth-order valence-corrected chi connectivity index (χ4v) is 6.36. The van der Waals surface area contributed by atoms with Gasteiger partial charge in [-0.25, -0.2) is 4.98 Å². The van der Waals surface area contributed by atoms with Crippen molar-refractivity contribution in [2.75, 3.05) is 44.5 Å². The van der Waals surface area contributed by atoms with Crippen LogP contribution in [0.3, 0.4) is 0 Å². The number of ether oxygens (including phenoxy) is 3. The number of anilines is 1. The molecule has 0 radical (unpaired) electrons. The topological polar surface area (TPSA) is 67.4 Å². The number of aromatic nitrogens is 1. The Morgan fingerprint density at radius 3 is 2.47 bits per heavy atom. The predicted octanol–water partition coefficient (Wildman–Crippen LogP) is 6.45.